The minimum Gasteiger partial charge on any atom is -0.497 e. The molecule has 1 N–H and O–H groups in total. The molecule has 3 rings (SSSR count). The van der Waals surface area contributed by atoms with Crippen molar-refractivity contribution in [2.45, 2.75) is 30.2 Å². The molecular formula is C18H20BrNO4S. The van der Waals surface area contributed by atoms with E-state index in [1.807, 2.05) is 18.2 Å². The van der Waals surface area contributed by atoms with Gasteiger partial charge in [0, 0.05) is 10.5 Å². The van der Waals surface area contributed by atoms with Crippen LogP contribution in [0.15, 0.2) is 45.8 Å². The fraction of sp³-hybridized carbons (Fsp3) is 0.333. The zero-order valence-corrected chi connectivity index (χ0v) is 16.5. The van der Waals surface area contributed by atoms with E-state index in [4.69, 9.17) is 9.47 Å². The van der Waals surface area contributed by atoms with Crippen LogP contribution in [0.4, 0.5) is 0 Å². The van der Waals surface area contributed by atoms with Crippen molar-refractivity contribution < 1.29 is 17.9 Å². The number of ether oxygens (including phenoxy) is 2. The van der Waals surface area contributed by atoms with Crippen LogP contribution in [0.2, 0.25) is 0 Å². The van der Waals surface area contributed by atoms with Crippen LogP contribution in [0.1, 0.15) is 30.0 Å². The van der Waals surface area contributed by atoms with E-state index in [-0.39, 0.29) is 10.9 Å². The first-order chi connectivity index (χ1) is 11.9. The number of hydrogen-bond donors (Lipinski definition) is 1. The van der Waals surface area contributed by atoms with Crippen LogP contribution in [0.3, 0.4) is 0 Å². The van der Waals surface area contributed by atoms with E-state index >= 15 is 0 Å². The largest absolute Gasteiger partial charge is 0.497 e. The molecule has 0 aliphatic heterocycles. The quantitative estimate of drug-likeness (QED) is 0.790. The molecule has 5 nitrogen and oxygen atoms in total. The molecule has 2 aromatic rings. The minimum atomic E-state index is -3.72. The molecule has 0 unspecified atom stereocenters. The number of fused-ring (bicyclic) bond motifs is 1. The predicted octanol–water partition coefficient (Wildman–Crippen LogP) is 3.82. The van der Waals surface area contributed by atoms with E-state index in [1.165, 1.54) is 7.11 Å². The maximum absolute atomic E-state index is 12.9. The summed E-state index contributed by atoms with van der Waals surface area (Å²) in [7, 11) is -0.628. The highest BCUT2D eigenvalue weighted by molar-refractivity contribution is 9.10. The van der Waals surface area contributed by atoms with Gasteiger partial charge in [-0.2, -0.15) is 0 Å². The number of sulfonamides is 1. The Morgan fingerprint density at radius 2 is 1.92 bits per heavy atom. The molecule has 134 valence electrons. The molecule has 0 aromatic heterocycles. The summed E-state index contributed by atoms with van der Waals surface area (Å²) in [5.74, 6) is 1.11. The van der Waals surface area contributed by atoms with Gasteiger partial charge in [0.1, 0.15) is 16.4 Å². The summed E-state index contributed by atoms with van der Waals surface area (Å²) < 4.78 is 39.9. The SMILES string of the molecule is COc1ccc2c(c1)CCC[C@H]2NS(=O)(=O)c1cc(Br)ccc1OC. The lowest BCUT2D eigenvalue weighted by molar-refractivity contribution is 0.401. The molecule has 25 heavy (non-hydrogen) atoms. The van der Waals surface area contributed by atoms with Gasteiger partial charge in [-0.15, -0.1) is 0 Å². The molecule has 2 aromatic carbocycles. The molecule has 0 heterocycles. The number of benzene rings is 2. The maximum Gasteiger partial charge on any atom is 0.244 e. The van der Waals surface area contributed by atoms with Crippen LogP contribution in [0, 0.1) is 0 Å². The number of aryl methyl sites for hydroxylation is 1. The lowest BCUT2D eigenvalue weighted by Gasteiger charge is -2.27. The van der Waals surface area contributed by atoms with Gasteiger partial charge in [0.15, 0.2) is 0 Å². The van der Waals surface area contributed by atoms with Crippen LogP contribution >= 0.6 is 15.9 Å². The van der Waals surface area contributed by atoms with Crippen molar-refractivity contribution in [3.05, 3.63) is 52.0 Å². The molecule has 7 heteroatoms. The Morgan fingerprint density at radius 1 is 1.12 bits per heavy atom. The summed E-state index contributed by atoms with van der Waals surface area (Å²) in [6, 6.07) is 10.5. The predicted molar refractivity (Wildman–Crippen MR) is 99.7 cm³/mol. The van der Waals surface area contributed by atoms with Crippen LogP contribution < -0.4 is 14.2 Å². The van der Waals surface area contributed by atoms with E-state index in [2.05, 4.69) is 20.7 Å². The molecule has 0 fully saturated rings. The second-order valence-electron chi connectivity index (χ2n) is 5.93. The van der Waals surface area contributed by atoms with Gasteiger partial charge in [0.05, 0.1) is 14.2 Å². The van der Waals surface area contributed by atoms with E-state index in [1.54, 1.807) is 25.3 Å². The van der Waals surface area contributed by atoms with E-state index in [0.717, 1.165) is 36.1 Å². The van der Waals surface area contributed by atoms with E-state index in [0.29, 0.717) is 10.2 Å². The molecule has 0 spiro atoms. The molecule has 0 amide bonds. The fourth-order valence-corrected chi connectivity index (χ4v) is 5.11. The maximum atomic E-state index is 12.9. The van der Waals surface area contributed by atoms with Crippen LogP contribution in [-0.2, 0) is 16.4 Å². The molecule has 0 bridgehead atoms. The molecule has 1 aliphatic carbocycles. The van der Waals surface area contributed by atoms with Gasteiger partial charge in [-0.25, -0.2) is 13.1 Å². The van der Waals surface area contributed by atoms with Gasteiger partial charge in [0.2, 0.25) is 10.0 Å². The number of hydrogen-bond acceptors (Lipinski definition) is 4. The zero-order chi connectivity index (χ0) is 18.0. The molecule has 1 atom stereocenters. The van der Waals surface area contributed by atoms with Crippen molar-refractivity contribution >= 4 is 26.0 Å². The monoisotopic (exact) mass is 425 g/mol. The molecule has 1 aliphatic rings. The Labute approximate surface area is 156 Å². The number of rotatable bonds is 5. The Kier molecular flexibility index (Phi) is 5.36. The van der Waals surface area contributed by atoms with Crippen LogP contribution in [-0.4, -0.2) is 22.6 Å². The molecular weight excluding hydrogens is 406 g/mol. The van der Waals surface area contributed by atoms with Gasteiger partial charge >= 0.3 is 0 Å². The zero-order valence-electron chi connectivity index (χ0n) is 14.1. The topological polar surface area (TPSA) is 64.6 Å². The van der Waals surface area contributed by atoms with Crippen molar-refractivity contribution in [1.82, 2.24) is 4.72 Å². The summed E-state index contributed by atoms with van der Waals surface area (Å²) in [4.78, 5) is 0.130. The van der Waals surface area contributed by atoms with Crippen LogP contribution in [0.25, 0.3) is 0 Å². The Bertz CT molecular complexity index is 883. The van der Waals surface area contributed by atoms with Crippen molar-refractivity contribution in [2.75, 3.05) is 14.2 Å². The normalized spacial score (nSPS) is 17.0. The first kappa shape index (κ1) is 18.2. The standard InChI is InChI=1S/C18H20BrNO4S/c1-23-14-7-8-15-12(10-14)4-3-5-16(15)20-25(21,22)18-11-13(19)6-9-17(18)24-2/h6-11,16,20H,3-5H2,1-2H3/t16-/m1/s1. The average Bonchev–Trinajstić information content (AvgIpc) is 2.61. The van der Waals surface area contributed by atoms with Crippen molar-refractivity contribution in [3.8, 4) is 11.5 Å². The molecule has 0 radical (unpaired) electrons. The lowest BCUT2D eigenvalue weighted by Crippen LogP contribution is -2.31. The fourth-order valence-electron chi connectivity index (χ4n) is 3.15. The third-order valence-electron chi connectivity index (χ3n) is 4.38. The number of nitrogens with one attached hydrogen (secondary N) is 1. The van der Waals surface area contributed by atoms with Gasteiger partial charge in [-0.3, -0.25) is 0 Å². The summed E-state index contributed by atoms with van der Waals surface area (Å²) in [6.07, 6.45) is 2.60. The smallest absolute Gasteiger partial charge is 0.244 e. The highest BCUT2D eigenvalue weighted by Gasteiger charge is 2.28. The summed E-state index contributed by atoms with van der Waals surface area (Å²) in [6.45, 7) is 0. The first-order valence-corrected chi connectivity index (χ1v) is 10.2. The number of halogens is 1. The lowest BCUT2D eigenvalue weighted by atomic mass is 9.88. The molecule has 0 saturated heterocycles. The van der Waals surface area contributed by atoms with E-state index < -0.39 is 10.0 Å². The Balaban J connectivity index is 1.94. The van der Waals surface area contributed by atoms with Gasteiger partial charge in [-0.1, -0.05) is 22.0 Å². The first-order valence-electron chi connectivity index (χ1n) is 7.97. The van der Waals surface area contributed by atoms with Crippen molar-refractivity contribution in [2.24, 2.45) is 0 Å². The summed E-state index contributed by atoms with van der Waals surface area (Å²) in [5, 5.41) is 0. The average molecular weight is 426 g/mol. The van der Waals surface area contributed by atoms with Crippen molar-refractivity contribution in [1.29, 1.82) is 0 Å². The second kappa shape index (κ2) is 7.35. The van der Waals surface area contributed by atoms with E-state index in [9.17, 15) is 8.42 Å². The number of methoxy groups -OCH3 is 2. The third kappa shape index (κ3) is 3.83. The third-order valence-corrected chi connectivity index (χ3v) is 6.36. The molecule has 0 saturated carbocycles. The second-order valence-corrected chi connectivity index (χ2v) is 8.52. The van der Waals surface area contributed by atoms with Gasteiger partial charge in [0.25, 0.3) is 0 Å². The van der Waals surface area contributed by atoms with Gasteiger partial charge in [-0.05, 0) is 60.7 Å². The highest BCUT2D eigenvalue weighted by atomic mass is 79.9. The summed E-state index contributed by atoms with van der Waals surface area (Å²) in [5.41, 5.74) is 2.13. The van der Waals surface area contributed by atoms with Gasteiger partial charge < -0.3 is 9.47 Å². The van der Waals surface area contributed by atoms with Crippen molar-refractivity contribution in [3.63, 3.8) is 0 Å². The Hall–Kier alpha value is -1.57. The summed E-state index contributed by atoms with van der Waals surface area (Å²) >= 11 is 3.32. The highest BCUT2D eigenvalue weighted by Crippen LogP contribution is 2.34. The van der Waals surface area contributed by atoms with Crippen LogP contribution in [0.5, 0.6) is 11.5 Å². The minimum absolute atomic E-state index is 0.130. The Morgan fingerprint density at radius 3 is 2.64 bits per heavy atom.